The van der Waals surface area contributed by atoms with E-state index >= 15 is 0 Å². The highest BCUT2D eigenvalue weighted by molar-refractivity contribution is 5.90. The number of hydrogen-bond donors (Lipinski definition) is 0. The second-order valence-electron chi connectivity index (χ2n) is 3.33. The lowest BCUT2D eigenvalue weighted by atomic mass is 10.2. The average molecular weight is 196 g/mol. The molecule has 1 fully saturated rings. The van der Waals surface area contributed by atoms with Crippen molar-refractivity contribution in [2.45, 2.75) is 19.4 Å². The van der Waals surface area contributed by atoms with Crippen LogP contribution in [-0.2, 0) is 15.9 Å². The van der Waals surface area contributed by atoms with Gasteiger partial charge >= 0.3 is 5.97 Å². The van der Waals surface area contributed by atoms with Crippen molar-refractivity contribution in [2.75, 3.05) is 13.7 Å². The molecule has 0 N–H and O–H groups in total. The molecule has 0 saturated carbocycles. The summed E-state index contributed by atoms with van der Waals surface area (Å²) in [6, 6.07) is 1.73. The smallest absolute Gasteiger partial charge is 0.341 e. The third-order valence-corrected chi connectivity index (χ3v) is 2.21. The second-order valence-corrected chi connectivity index (χ2v) is 3.33. The third-order valence-electron chi connectivity index (χ3n) is 2.21. The molecule has 0 bridgehead atoms. The van der Waals surface area contributed by atoms with E-state index in [1.165, 1.54) is 7.11 Å². The van der Waals surface area contributed by atoms with Crippen LogP contribution in [-0.4, -0.2) is 25.8 Å². The van der Waals surface area contributed by atoms with E-state index in [1.807, 2.05) is 0 Å². The quantitative estimate of drug-likeness (QED) is 0.540. The van der Waals surface area contributed by atoms with Crippen molar-refractivity contribution in [3.05, 3.63) is 23.2 Å². The fourth-order valence-electron chi connectivity index (χ4n) is 1.37. The van der Waals surface area contributed by atoms with Crippen LogP contribution in [0.15, 0.2) is 10.5 Å². The molecule has 4 nitrogen and oxygen atoms in total. The minimum absolute atomic E-state index is 0.269. The molecule has 2 heterocycles. The van der Waals surface area contributed by atoms with Crippen LogP contribution in [0.5, 0.6) is 0 Å². The molecule has 1 atom stereocenters. The minimum atomic E-state index is -0.353. The van der Waals surface area contributed by atoms with Gasteiger partial charge in [-0.25, -0.2) is 4.79 Å². The van der Waals surface area contributed by atoms with Crippen molar-refractivity contribution < 1.29 is 18.7 Å². The van der Waals surface area contributed by atoms with Crippen LogP contribution in [0.3, 0.4) is 0 Å². The van der Waals surface area contributed by atoms with Crippen molar-refractivity contribution in [3.8, 4) is 0 Å². The Morgan fingerprint density at radius 3 is 3.00 bits per heavy atom. The van der Waals surface area contributed by atoms with Gasteiger partial charge in [-0.05, 0) is 13.0 Å². The topological polar surface area (TPSA) is 52.0 Å². The van der Waals surface area contributed by atoms with Crippen LogP contribution >= 0.6 is 0 Å². The van der Waals surface area contributed by atoms with E-state index in [4.69, 9.17) is 9.15 Å². The summed E-state index contributed by atoms with van der Waals surface area (Å²) >= 11 is 0. The predicted molar refractivity (Wildman–Crippen MR) is 48.2 cm³/mol. The lowest BCUT2D eigenvalue weighted by Crippen LogP contribution is -2.00. The molecule has 1 aliphatic heterocycles. The van der Waals surface area contributed by atoms with Gasteiger partial charge in [-0.2, -0.15) is 0 Å². The number of carbonyl (C=O) groups is 1. The van der Waals surface area contributed by atoms with E-state index < -0.39 is 0 Å². The van der Waals surface area contributed by atoms with Crippen molar-refractivity contribution in [2.24, 2.45) is 0 Å². The van der Waals surface area contributed by atoms with Gasteiger partial charge in [0.05, 0.1) is 19.8 Å². The molecule has 0 aliphatic carbocycles. The zero-order valence-electron chi connectivity index (χ0n) is 8.20. The maximum absolute atomic E-state index is 11.2. The van der Waals surface area contributed by atoms with Crippen molar-refractivity contribution >= 4 is 5.97 Å². The molecule has 1 aliphatic rings. The summed E-state index contributed by atoms with van der Waals surface area (Å²) in [5, 5.41) is 0. The molecule has 4 heteroatoms. The first-order chi connectivity index (χ1) is 6.70. The molecule has 1 aromatic heterocycles. The van der Waals surface area contributed by atoms with Gasteiger partial charge in [0.2, 0.25) is 0 Å². The molecule has 1 saturated heterocycles. The Bertz CT molecular complexity index is 349. The highest BCUT2D eigenvalue weighted by Crippen LogP contribution is 2.21. The number of furan rings is 1. The molecule has 76 valence electrons. The third kappa shape index (κ3) is 1.80. The van der Waals surface area contributed by atoms with Crippen molar-refractivity contribution in [1.82, 2.24) is 0 Å². The number of hydrogen-bond acceptors (Lipinski definition) is 4. The standard InChI is InChI=1S/C10H12O4/c1-6-9(10(11)12-2)4-7(14-6)3-8-5-13-8/h4,8H,3,5H2,1-2H3. The van der Waals surface area contributed by atoms with Crippen molar-refractivity contribution in [1.29, 1.82) is 0 Å². The summed E-state index contributed by atoms with van der Waals surface area (Å²) in [6.07, 6.45) is 1.00. The van der Waals surface area contributed by atoms with E-state index in [1.54, 1.807) is 13.0 Å². The number of methoxy groups -OCH3 is 1. The highest BCUT2D eigenvalue weighted by Gasteiger charge is 2.25. The first kappa shape index (κ1) is 9.27. The summed E-state index contributed by atoms with van der Waals surface area (Å²) in [6.45, 7) is 2.54. The summed E-state index contributed by atoms with van der Waals surface area (Å²) in [7, 11) is 1.36. The SMILES string of the molecule is COC(=O)c1cc(CC2CO2)oc1C. The number of rotatable bonds is 3. The fraction of sp³-hybridized carbons (Fsp3) is 0.500. The molecule has 0 amide bonds. The van der Waals surface area contributed by atoms with Crippen LogP contribution in [0, 0.1) is 6.92 Å². The van der Waals surface area contributed by atoms with Gasteiger partial charge in [-0.3, -0.25) is 0 Å². The molecule has 0 spiro atoms. The minimum Gasteiger partial charge on any atom is -0.465 e. The molecule has 0 radical (unpaired) electrons. The Morgan fingerprint density at radius 2 is 2.43 bits per heavy atom. The predicted octanol–water partition coefficient (Wildman–Crippen LogP) is 1.32. The Balaban J connectivity index is 2.15. The first-order valence-electron chi connectivity index (χ1n) is 4.50. The largest absolute Gasteiger partial charge is 0.465 e. The van der Waals surface area contributed by atoms with Crippen LogP contribution in [0.25, 0.3) is 0 Å². The van der Waals surface area contributed by atoms with E-state index in [0.717, 1.165) is 18.8 Å². The summed E-state index contributed by atoms with van der Waals surface area (Å²) in [5.41, 5.74) is 0.503. The van der Waals surface area contributed by atoms with Gasteiger partial charge in [0.1, 0.15) is 17.1 Å². The highest BCUT2D eigenvalue weighted by atomic mass is 16.6. The Labute approximate surface area is 81.8 Å². The number of esters is 1. The van der Waals surface area contributed by atoms with Crippen LogP contribution in [0.2, 0.25) is 0 Å². The van der Waals surface area contributed by atoms with Crippen molar-refractivity contribution in [3.63, 3.8) is 0 Å². The number of ether oxygens (including phenoxy) is 2. The summed E-state index contributed by atoms with van der Waals surface area (Å²) < 4.78 is 15.1. The lowest BCUT2D eigenvalue weighted by Gasteiger charge is -1.93. The monoisotopic (exact) mass is 196 g/mol. The number of aryl methyl sites for hydroxylation is 1. The average Bonchev–Trinajstić information content (AvgIpc) is 2.89. The van der Waals surface area contributed by atoms with E-state index in [0.29, 0.717) is 11.3 Å². The van der Waals surface area contributed by atoms with E-state index in [9.17, 15) is 4.79 Å². The molecule has 2 rings (SSSR count). The van der Waals surface area contributed by atoms with Gasteiger partial charge in [-0.15, -0.1) is 0 Å². The zero-order valence-corrected chi connectivity index (χ0v) is 8.20. The van der Waals surface area contributed by atoms with E-state index in [2.05, 4.69) is 4.74 Å². The van der Waals surface area contributed by atoms with Gasteiger partial charge < -0.3 is 13.9 Å². The van der Waals surface area contributed by atoms with Gasteiger partial charge in [0.25, 0.3) is 0 Å². The number of epoxide rings is 1. The fourth-order valence-corrected chi connectivity index (χ4v) is 1.37. The van der Waals surface area contributed by atoms with Gasteiger partial charge in [-0.1, -0.05) is 0 Å². The molecular weight excluding hydrogens is 184 g/mol. The normalized spacial score (nSPS) is 19.4. The zero-order chi connectivity index (χ0) is 10.1. The summed E-state index contributed by atoms with van der Waals surface area (Å²) in [5.74, 6) is 1.03. The van der Waals surface area contributed by atoms with Crippen LogP contribution in [0.1, 0.15) is 21.9 Å². The van der Waals surface area contributed by atoms with Gasteiger partial charge in [0.15, 0.2) is 0 Å². The Morgan fingerprint density at radius 1 is 1.71 bits per heavy atom. The maximum atomic E-state index is 11.2. The maximum Gasteiger partial charge on any atom is 0.341 e. The second kappa shape index (κ2) is 3.46. The number of carbonyl (C=O) groups excluding carboxylic acids is 1. The van der Waals surface area contributed by atoms with Gasteiger partial charge in [0, 0.05) is 6.42 Å². The Hall–Kier alpha value is -1.29. The van der Waals surface area contributed by atoms with E-state index in [-0.39, 0.29) is 12.1 Å². The van der Waals surface area contributed by atoms with Crippen LogP contribution < -0.4 is 0 Å². The molecule has 1 unspecified atom stereocenters. The first-order valence-corrected chi connectivity index (χ1v) is 4.50. The molecule has 14 heavy (non-hydrogen) atoms. The van der Waals surface area contributed by atoms with Crippen LogP contribution in [0.4, 0.5) is 0 Å². The Kier molecular flexibility index (Phi) is 2.29. The molecule has 0 aromatic carbocycles. The molecule has 1 aromatic rings. The summed E-state index contributed by atoms with van der Waals surface area (Å²) in [4.78, 5) is 11.2. The lowest BCUT2D eigenvalue weighted by molar-refractivity contribution is 0.0599. The molecular formula is C10H12O4.